The molecule has 4 aromatic rings. The van der Waals surface area contributed by atoms with E-state index in [-0.39, 0.29) is 46.2 Å². The average molecular weight is 733 g/mol. The largest absolute Gasteiger partial charge is 0.396 e. The molecule has 0 amide bonds. The lowest BCUT2D eigenvalue weighted by Gasteiger charge is -2.23. The van der Waals surface area contributed by atoms with Crippen molar-refractivity contribution in [3.8, 4) is 22.3 Å². The average Bonchev–Trinajstić information content (AvgIpc) is 3.69. The smallest absolute Gasteiger partial charge is 0.240 e. The first-order valence-corrected chi connectivity index (χ1v) is 19.2. The molecule has 2 fully saturated rings. The normalized spacial score (nSPS) is 22.6. The van der Waals surface area contributed by atoms with Crippen molar-refractivity contribution in [2.75, 3.05) is 13.2 Å². The maximum Gasteiger partial charge on any atom is 0.240 e. The van der Waals surface area contributed by atoms with E-state index in [1.807, 2.05) is 0 Å². The first-order valence-electron chi connectivity index (χ1n) is 16.2. The van der Waals surface area contributed by atoms with E-state index in [0.717, 1.165) is 37.1 Å². The van der Waals surface area contributed by atoms with Crippen LogP contribution in [0, 0.1) is 35.1 Å². The number of halogens is 4. The summed E-state index contributed by atoms with van der Waals surface area (Å²) in [5.74, 6) is -3.49. The lowest BCUT2D eigenvalue weighted by Crippen LogP contribution is -2.39. The third-order valence-corrected chi connectivity index (χ3v) is 12.5. The van der Waals surface area contributed by atoms with Crippen LogP contribution in [-0.4, -0.2) is 53.3 Å². The maximum atomic E-state index is 14.2. The second-order valence-corrected chi connectivity index (χ2v) is 16.2. The Morgan fingerprint density at radius 2 is 1.14 bits per heavy atom. The van der Waals surface area contributed by atoms with Gasteiger partial charge in [0, 0.05) is 47.9 Å². The van der Waals surface area contributed by atoms with Crippen LogP contribution in [0.3, 0.4) is 0 Å². The molecule has 0 bridgehead atoms. The zero-order valence-electron chi connectivity index (χ0n) is 26.7. The van der Waals surface area contributed by atoms with Crippen molar-refractivity contribution in [2.45, 2.75) is 60.1 Å². The number of hydrogen-bond donors (Lipinski definition) is 3. The number of hydrogen-bond acceptors (Lipinski definition) is 6. The fraction of sp³-hybridized carbons (Fsp3) is 0.333. The van der Waals surface area contributed by atoms with E-state index in [9.17, 15) is 39.5 Å². The molecule has 50 heavy (non-hydrogen) atoms. The van der Waals surface area contributed by atoms with E-state index >= 15 is 0 Å². The van der Waals surface area contributed by atoms with Crippen molar-refractivity contribution in [1.29, 1.82) is 0 Å². The second-order valence-electron chi connectivity index (χ2n) is 12.8. The van der Waals surface area contributed by atoms with Crippen LogP contribution in [0.25, 0.3) is 22.3 Å². The van der Waals surface area contributed by atoms with Crippen LogP contribution in [0.15, 0.2) is 94.7 Å². The topological polar surface area (TPSA) is 122 Å². The molecule has 0 radical (unpaired) electrons. The van der Waals surface area contributed by atoms with Gasteiger partial charge < -0.3 is 9.84 Å². The summed E-state index contributed by atoms with van der Waals surface area (Å²) in [4.78, 5) is -0.0486. The van der Waals surface area contributed by atoms with Gasteiger partial charge in [0.1, 0.15) is 23.3 Å². The Hall–Kier alpha value is -3.66. The molecule has 14 heteroatoms. The summed E-state index contributed by atoms with van der Waals surface area (Å²) in [7, 11) is -7.94. The van der Waals surface area contributed by atoms with Gasteiger partial charge in [-0.15, -0.1) is 0 Å². The van der Waals surface area contributed by atoms with E-state index in [1.54, 1.807) is 0 Å². The monoisotopic (exact) mass is 732 g/mol. The number of aliphatic hydroxyl groups excluding tert-OH is 1. The minimum Gasteiger partial charge on any atom is -0.396 e. The first-order chi connectivity index (χ1) is 23.8. The number of sulfonamides is 2. The second kappa shape index (κ2) is 14.9. The van der Waals surface area contributed by atoms with Crippen molar-refractivity contribution in [1.82, 2.24) is 9.44 Å². The summed E-state index contributed by atoms with van der Waals surface area (Å²) in [6, 6.07) is 16.5. The van der Waals surface area contributed by atoms with Crippen molar-refractivity contribution >= 4 is 20.0 Å². The van der Waals surface area contributed by atoms with Gasteiger partial charge in [-0.05, 0) is 91.3 Å². The van der Waals surface area contributed by atoms with Gasteiger partial charge in [0.05, 0.1) is 22.5 Å². The van der Waals surface area contributed by atoms with E-state index in [0.29, 0.717) is 30.4 Å². The Balaban J connectivity index is 1.04. The molecule has 5 atom stereocenters. The third kappa shape index (κ3) is 8.11. The standard InChI is InChI=1S/C36H36F4N2O6S2/c37-26-8-14-31(33(39)17-26)22-4-10-29(11-5-22)49(44,45)41-35-3-1-2-24(35)21-48-28-16-25(20-43)36(19-28)42-50(46,47)30-12-6-23(7-13-30)32-15-9-27(38)18-34(32)40/h4-15,17-18,24-25,28,35-36,41-43H,1-3,16,19-21H2/t24-,25+,28?,35+,36+/m0/s1. The molecule has 0 aromatic heterocycles. The minimum atomic E-state index is -4.02. The molecular weight excluding hydrogens is 697 g/mol. The number of benzene rings is 4. The van der Waals surface area contributed by atoms with Gasteiger partial charge in [-0.1, -0.05) is 30.7 Å². The van der Waals surface area contributed by atoms with Crippen LogP contribution in [0.4, 0.5) is 17.6 Å². The molecule has 1 unspecified atom stereocenters. The molecule has 2 aliphatic carbocycles. The molecule has 266 valence electrons. The van der Waals surface area contributed by atoms with Gasteiger partial charge in [-0.25, -0.2) is 43.8 Å². The highest BCUT2D eigenvalue weighted by Crippen LogP contribution is 2.34. The number of rotatable bonds is 12. The zero-order chi connectivity index (χ0) is 35.6. The fourth-order valence-electron chi connectivity index (χ4n) is 6.82. The lowest BCUT2D eigenvalue weighted by molar-refractivity contribution is 0.0263. The third-order valence-electron chi connectivity index (χ3n) is 9.52. The van der Waals surface area contributed by atoms with Crippen LogP contribution in [-0.2, 0) is 24.8 Å². The van der Waals surface area contributed by atoms with Crippen LogP contribution < -0.4 is 9.44 Å². The highest BCUT2D eigenvalue weighted by molar-refractivity contribution is 7.89. The van der Waals surface area contributed by atoms with Crippen LogP contribution in [0.1, 0.15) is 32.1 Å². The summed E-state index contributed by atoms with van der Waals surface area (Å²) in [6.45, 7) is -0.0338. The van der Waals surface area contributed by atoms with Gasteiger partial charge in [-0.3, -0.25) is 0 Å². The Kier molecular flexibility index (Phi) is 10.8. The molecule has 6 rings (SSSR count). The van der Waals surface area contributed by atoms with E-state index < -0.39 is 61.3 Å². The molecular formula is C36H36F4N2O6S2. The maximum absolute atomic E-state index is 14.2. The minimum absolute atomic E-state index is 0.00398. The van der Waals surface area contributed by atoms with Gasteiger partial charge >= 0.3 is 0 Å². The van der Waals surface area contributed by atoms with E-state index in [4.69, 9.17) is 4.74 Å². The molecule has 4 aromatic carbocycles. The quantitative estimate of drug-likeness (QED) is 0.150. The van der Waals surface area contributed by atoms with Crippen molar-refractivity contribution in [2.24, 2.45) is 11.8 Å². The van der Waals surface area contributed by atoms with E-state index in [1.165, 1.54) is 60.7 Å². The van der Waals surface area contributed by atoms with Gasteiger partial charge in [0.25, 0.3) is 0 Å². The number of ether oxygens (including phenoxy) is 1. The molecule has 3 N–H and O–H groups in total. The summed E-state index contributed by atoms with van der Waals surface area (Å²) < 4.78 is 120. The van der Waals surface area contributed by atoms with Gasteiger partial charge in [0.15, 0.2) is 0 Å². The lowest BCUT2D eigenvalue weighted by atomic mass is 10.1. The van der Waals surface area contributed by atoms with Crippen molar-refractivity contribution in [3.05, 3.63) is 108 Å². The predicted molar refractivity (Wildman–Crippen MR) is 179 cm³/mol. The number of aliphatic hydroxyl groups is 1. The summed E-state index contributed by atoms with van der Waals surface area (Å²) in [6.07, 6.45) is 2.43. The SMILES string of the molecule is O=S(=O)(N[C@@H]1CCC[C@H]1COC1C[C@H](CO)[C@H](NS(=O)(=O)c2ccc(-c3ccc(F)cc3F)cc2)C1)c1ccc(-c2ccc(F)cc2F)cc1. The number of nitrogens with one attached hydrogen (secondary N) is 2. The van der Waals surface area contributed by atoms with Crippen molar-refractivity contribution < 1.29 is 44.2 Å². The highest BCUT2D eigenvalue weighted by atomic mass is 32.2. The Bertz CT molecular complexity index is 2050. The molecule has 2 aliphatic rings. The molecule has 0 heterocycles. The highest BCUT2D eigenvalue weighted by Gasteiger charge is 2.39. The van der Waals surface area contributed by atoms with Crippen LogP contribution in [0.5, 0.6) is 0 Å². The Morgan fingerprint density at radius 1 is 0.640 bits per heavy atom. The fourth-order valence-corrected chi connectivity index (χ4v) is 9.47. The van der Waals surface area contributed by atoms with Gasteiger partial charge in [-0.2, -0.15) is 0 Å². The Labute approximate surface area is 288 Å². The molecule has 0 saturated heterocycles. The predicted octanol–water partition coefficient (Wildman–Crippen LogP) is 6.16. The summed E-state index contributed by atoms with van der Waals surface area (Å²) in [5, 5.41) is 10.0. The first kappa shape index (κ1) is 36.1. The van der Waals surface area contributed by atoms with Crippen LogP contribution in [0.2, 0.25) is 0 Å². The van der Waals surface area contributed by atoms with Crippen LogP contribution >= 0.6 is 0 Å². The molecule has 8 nitrogen and oxygen atoms in total. The summed E-state index contributed by atoms with van der Waals surface area (Å²) in [5.41, 5.74) is 1.07. The molecule has 2 saturated carbocycles. The Morgan fingerprint density at radius 3 is 1.62 bits per heavy atom. The molecule has 0 aliphatic heterocycles. The summed E-state index contributed by atoms with van der Waals surface area (Å²) >= 11 is 0. The zero-order valence-corrected chi connectivity index (χ0v) is 28.4. The van der Waals surface area contributed by atoms with Crippen molar-refractivity contribution in [3.63, 3.8) is 0 Å². The van der Waals surface area contributed by atoms with Gasteiger partial charge in [0.2, 0.25) is 20.0 Å². The molecule has 0 spiro atoms. The van der Waals surface area contributed by atoms with E-state index in [2.05, 4.69) is 9.44 Å².